The lowest BCUT2D eigenvalue weighted by Gasteiger charge is -2.22. The minimum Gasteiger partial charge on any atom is -0.399 e. The molecule has 0 bridgehead atoms. The van der Waals surface area contributed by atoms with Gasteiger partial charge in [-0.2, -0.15) is 0 Å². The van der Waals surface area contributed by atoms with E-state index in [0.29, 0.717) is 12.2 Å². The van der Waals surface area contributed by atoms with Gasteiger partial charge in [-0.25, -0.2) is 13.6 Å². The first-order valence-electron chi connectivity index (χ1n) is 5.20. The topological polar surface area (TPSA) is 133 Å². The first-order chi connectivity index (χ1) is 8.24. The third kappa shape index (κ3) is 3.60. The maximum absolute atomic E-state index is 11.3. The molecule has 1 rings (SSSR count). The van der Waals surface area contributed by atoms with Crippen LogP contribution in [0.1, 0.15) is 6.92 Å². The predicted octanol–water partition coefficient (Wildman–Crippen LogP) is -0.772. The molecule has 6 N–H and O–H groups in total. The van der Waals surface area contributed by atoms with Crippen molar-refractivity contribution < 1.29 is 13.2 Å². The van der Waals surface area contributed by atoms with Crippen molar-refractivity contribution in [3.63, 3.8) is 0 Å². The SMILES string of the molecule is CCN(CC(N)=O)c1cc(N)cc(S(N)(=O)=O)c1. The smallest absolute Gasteiger partial charge is 0.238 e. The Hall–Kier alpha value is -1.80. The lowest BCUT2D eigenvalue weighted by atomic mass is 10.2. The molecule has 1 amide bonds. The van der Waals surface area contributed by atoms with Crippen LogP contribution in [0.5, 0.6) is 0 Å². The van der Waals surface area contributed by atoms with Crippen LogP contribution in [0.4, 0.5) is 11.4 Å². The van der Waals surface area contributed by atoms with Crippen LogP contribution in [0.15, 0.2) is 23.1 Å². The Balaban J connectivity index is 3.24. The van der Waals surface area contributed by atoms with Crippen molar-refractivity contribution in [2.45, 2.75) is 11.8 Å². The molecule has 0 atom stereocenters. The highest BCUT2D eigenvalue weighted by Gasteiger charge is 2.14. The molecule has 7 nitrogen and oxygen atoms in total. The number of hydrogen-bond donors (Lipinski definition) is 3. The van der Waals surface area contributed by atoms with Gasteiger partial charge in [-0.1, -0.05) is 0 Å². The quantitative estimate of drug-likeness (QED) is 0.605. The van der Waals surface area contributed by atoms with E-state index in [0.717, 1.165) is 0 Å². The van der Waals surface area contributed by atoms with E-state index in [9.17, 15) is 13.2 Å². The van der Waals surface area contributed by atoms with Crippen LogP contribution in [0.25, 0.3) is 0 Å². The number of amides is 1. The van der Waals surface area contributed by atoms with Crippen LogP contribution in [-0.2, 0) is 14.8 Å². The van der Waals surface area contributed by atoms with Crippen molar-refractivity contribution in [3.05, 3.63) is 18.2 Å². The second-order valence-corrected chi connectivity index (χ2v) is 5.35. The highest BCUT2D eigenvalue weighted by Crippen LogP contribution is 2.22. The van der Waals surface area contributed by atoms with E-state index in [1.165, 1.54) is 12.1 Å². The van der Waals surface area contributed by atoms with Gasteiger partial charge < -0.3 is 16.4 Å². The molecule has 0 aliphatic heterocycles. The van der Waals surface area contributed by atoms with E-state index in [-0.39, 0.29) is 17.1 Å². The monoisotopic (exact) mass is 272 g/mol. The molecule has 0 saturated carbocycles. The number of nitrogens with two attached hydrogens (primary N) is 3. The molecule has 0 aromatic heterocycles. The summed E-state index contributed by atoms with van der Waals surface area (Å²) < 4.78 is 22.6. The summed E-state index contributed by atoms with van der Waals surface area (Å²) in [5, 5.41) is 5.04. The first-order valence-corrected chi connectivity index (χ1v) is 6.75. The van der Waals surface area contributed by atoms with Gasteiger partial charge in [0.05, 0.1) is 11.4 Å². The Morgan fingerprint density at radius 1 is 1.33 bits per heavy atom. The summed E-state index contributed by atoms with van der Waals surface area (Å²) in [4.78, 5) is 12.4. The van der Waals surface area contributed by atoms with Gasteiger partial charge in [0, 0.05) is 17.9 Å². The number of primary amides is 1. The Bertz CT molecular complexity index is 556. The number of benzene rings is 1. The molecule has 0 heterocycles. The maximum atomic E-state index is 11.3. The van der Waals surface area contributed by atoms with Crippen LogP contribution in [0, 0.1) is 0 Å². The van der Waals surface area contributed by atoms with Gasteiger partial charge in [0.25, 0.3) is 0 Å². The number of primary sulfonamides is 1. The first kappa shape index (κ1) is 14.3. The summed E-state index contributed by atoms with van der Waals surface area (Å²) in [6.45, 7) is 2.27. The summed E-state index contributed by atoms with van der Waals surface area (Å²) in [6.07, 6.45) is 0. The van der Waals surface area contributed by atoms with Crippen LogP contribution in [0.3, 0.4) is 0 Å². The van der Waals surface area contributed by atoms with Crippen molar-refractivity contribution in [1.82, 2.24) is 0 Å². The van der Waals surface area contributed by atoms with Gasteiger partial charge >= 0.3 is 0 Å². The largest absolute Gasteiger partial charge is 0.399 e. The lowest BCUT2D eigenvalue weighted by Crippen LogP contribution is -2.33. The van der Waals surface area contributed by atoms with Crippen LogP contribution in [-0.4, -0.2) is 27.4 Å². The second-order valence-electron chi connectivity index (χ2n) is 3.79. The van der Waals surface area contributed by atoms with E-state index in [1.54, 1.807) is 11.0 Å². The third-order valence-electron chi connectivity index (χ3n) is 2.34. The molecule has 1 aromatic rings. The lowest BCUT2D eigenvalue weighted by molar-refractivity contribution is -0.116. The average molecular weight is 272 g/mol. The number of sulfonamides is 1. The van der Waals surface area contributed by atoms with E-state index in [4.69, 9.17) is 16.6 Å². The summed E-state index contributed by atoms with van der Waals surface area (Å²) in [7, 11) is -3.84. The Morgan fingerprint density at radius 3 is 2.39 bits per heavy atom. The summed E-state index contributed by atoms with van der Waals surface area (Å²) >= 11 is 0. The number of nitrogens with zero attached hydrogens (tertiary/aromatic N) is 1. The van der Waals surface area contributed by atoms with E-state index in [2.05, 4.69) is 0 Å². The molecule has 0 saturated heterocycles. The normalized spacial score (nSPS) is 11.2. The second kappa shape index (κ2) is 5.23. The van der Waals surface area contributed by atoms with Gasteiger partial charge in [0.15, 0.2) is 0 Å². The summed E-state index contributed by atoms with van der Waals surface area (Å²) in [6, 6.07) is 4.18. The minimum atomic E-state index is -3.84. The minimum absolute atomic E-state index is 0.0238. The number of carbonyl (C=O) groups excluding carboxylic acids is 1. The Labute approximate surface area is 106 Å². The molecule has 0 aliphatic rings. The summed E-state index contributed by atoms with van der Waals surface area (Å²) in [5.74, 6) is -0.517. The third-order valence-corrected chi connectivity index (χ3v) is 3.23. The predicted molar refractivity (Wildman–Crippen MR) is 69.3 cm³/mol. The fourth-order valence-corrected chi connectivity index (χ4v) is 2.11. The molecule has 8 heteroatoms. The van der Waals surface area contributed by atoms with Crippen molar-refractivity contribution in [2.24, 2.45) is 10.9 Å². The van der Waals surface area contributed by atoms with Crippen molar-refractivity contribution in [3.8, 4) is 0 Å². The number of anilines is 2. The van der Waals surface area contributed by atoms with Crippen LogP contribution in [0.2, 0.25) is 0 Å². The average Bonchev–Trinajstić information content (AvgIpc) is 2.23. The highest BCUT2D eigenvalue weighted by atomic mass is 32.2. The van der Waals surface area contributed by atoms with E-state index in [1.807, 2.05) is 6.92 Å². The van der Waals surface area contributed by atoms with Gasteiger partial charge in [0.1, 0.15) is 0 Å². The van der Waals surface area contributed by atoms with E-state index >= 15 is 0 Å². The number of carbonyl (C=O) groups is 1. The maximum Gasteiger partial charge on any atom is 0.238 e. The van der Waals surface area contributed by atoms with Crippen molar-refractivity contribution in [1.29, 1.82) is 0 Å². The number of likely N-dealkylation sites (N-methyl/N-ethyl adjacent to an activating group) is 1. The molecule has 0 fully saturated rings. The zero-order chi connectivity index (χ0) is 13.9. The Morgan fingerprint density at radius 2 is 1.94 bits per heavy atom. The van der Waals surface area contributed by atoms with Crippen LogP contribution >= 0.6 is 0 Å². The molecule has 0 radical (unpaired) electrons. The molecule has 18 heavy (non-hydrogen) atoms. The zero-order valence-electron chi connectivity index (χ0n) is 9.96. The van der Waals surface area contributed by atoms with E-state index < -0.39 is 15.9 Å². The standard InChI is InChI=1S/C10H16N4O3S/c1-2-14(6-10(12)15)8-3-7(11)4-9(5-8)18(13,16)17/h3-5H,2,6,11H2,1H3,(H2,12,15)(H2,13,16,17). The molecule has 0 unspecified atom stereocenters. The zero-order valence-corrected chi connectivity index (χ0v) is 10.8. The molecular weight excluding hydrogens is 256 g/mol. The number of nitrogen functional groups attached to an aromatic ring is 1. The molecule has 0 spiro atoms. The molecule has 100 valence electrons. The molecular formula is C10H16N4O3S. The summed E-state index contributed by atoms with van der Waals surface area (Å²) in [5.41, 5.74) is 11.5. The Kier molecular flexibility index (Phi) is 4.15. The van der Waals surface area contributed by atoms with Gasteiger partial charge in [-0.05, 0) is 25.1 Å². The fraction of sp³-hybridized carbons (Fsp3) is 0.300. The fourth-order valence-electron chi connectivity index (χ4n) is 1.53. The van der Waals surface area contributed by atoms with Gasteiger partial charge in [-0.15, -0.1) is 0 Å². The number of hydrogen-bond acceptors (Lipinski definition) is 5. The highest BCUT2D eigenvalue weighted by molar-refractivity contribution is 7.89. The van der Waals surface area contributed by atoms with Gasteiger partial charge in [0.2, 0.25) is 15.9 Å². The van der Waals surface area contributed by atoms with Crippen molar-refractivity contribution >= 4 is 27.3 Å². The van der Waals surface area contributed by atoms with Crippen LogP contribution < -0.4 is 21.5 Å². The van der Waals surface area contributed by atoms with Gasteiger partial charge in [-0.3, -0.25) is 4.79 Å². The molecule has 0 aliphatic carbocycles. The molecule has 1 aromatic carbocycles. The number of rotatable bonds is 5. The van der Waals surface area contributed by atoms with Crippen molar-refractivity contribution in [2.75, 3.05) is 23.7 Å².